The van der Waals surface area contributed by atoms with Crippen molar-refractivity contribution >= 4 is 23.3 Å². The number of aryl methyl sites for hydroxylation is 1. The summed E-state index contributed by atoms with van der Waals surface area (Å²) in [5, 5.41) is 3.63. The van der Waals surface area contributed by atoms with Crippen LogP contribution in [0.1, 0.15) is 25.3 Å². The lowest BCUT2D eigenvalue weighted by molar-refractivity contribution is -0.141. The minimum atomic E-state index is -0.275. The Kier molecular flexibility index (Phi) is 6.50. The van der Waals surface area contributed by atoms with Crippen LogP contribution in [0.5, 0.6) is 5.75 Å². The van der Waals surface area contributed by atoms with Gasteiger partial charge < -0.3 is 14.8 Å². The van der Waals surface area contributed by atoms with Crippen LogP contribution in [0.4, 0.5) is 5.69 Å². The molecule has 1 rings (SSSR count). The van der Waals surface area contributed by atoms with Crippen molar-refractivity contribution < 1.29 is 14.3 Å². The fourth-order valence-corrected chi connectivity index (χ4v) is 1.67. The molecule has 0 aliphatic carbocycles. The second-order valence-corrected chi connectivity index (χ2v) is 4.64. The minimum absolute atomic E-state index is 0.112. The first-order valence-corrected chi connectivity index (χ1v) is 6.70. The van der Waals surface area contributed by atoms with Gasteiger partial charge in [0.25, 0.3) is 0 Å². The molecule has 0 aliphatic rings. The number of nitrogens with one attached hydrogen (secondary N) is 1. The van der Waals surface area contributed by atoms with Gasteiger partial charge in [-0.25, -0.2) is 0 Å². The second-order valence-electron chi connectivity index (χ2n) is 4.23. The molecule has 0 atom stereocenters. The number of benzene rings is 1. The molecule has 0 radical (unpaired) electrons. The van der Waals surface area contributed by atoms with Crippen molar-refractivity contribution in [2.75, 3.05) is 25.6 Å². The summed E-state index contributed by atoms with van der Waals surface area (Å²) < 4.78 is 10.3. The van der Waals surface area contributed by atoms with Gasteiger partial charge in [-0.05, 0) is 25.0 Å². The lowest BCUT2D eigenvalue weighted by atomic mass is 10.2. The average molecular weight is 286 g/mol. The molecule has 0 unspecified atom stereocenters. The molecule has 1 aromatic rings. The van der Waals surface area contributed by atoms with E-state index in [1.165, 1.54) is 0 Å². The minimum Gasteiger partial charge on any atom is -0.495 e. The summed E-state index contributed by atoms with van der Waals surface area (Å²) in [5.41, 5.74) is 1.65. The Morgan fingerprint density at radius 1 is 1.42 bits per heavy atom. The quantitative estimate of drug-likeness (QED) is 0.616. The third-order valence-corrected chi connectivity index (χ3v) is 3.07. The molecule has 0 aromatic heterocycles. The van der Waals surface area contributed by atoms with Crippen LogP contribution in [0.25, 0.3) is 0 Å². The number of halogens is 1. The summed E-state index contributed by atoms with van der Waals surface area (Å²) in [6, 6.07) is 3.57. The summed E-state index contributed by atoms with van der Waals surface area (Å²) in [4.78, 5) is 11.5. The van der Waals surface area contributed by atoms with E-state index in [0.717, 1.165) is 24.1 Å². The smallest absolute Gasteiger partial charge is 0.325 e. The molecule has 0 aliphatic heterocycles. The number of anilines is 1. The van der Waals surface area contributed by atoms with Crippen LogP contribution in [-0.2, 0) is 9.53 Å². The van der Waals surface area contributed by atoms with E-state index in [4.69, 9.17) is 21.1 Å². The van der Waals surface area contributed by atoms with Crippen LogP contribution in [0.3, 0.4) is 0 Å². The Morgan fingerprint density at radius 3 is 2.79 bits per heavy atom. The molecule has 0 fully saturated rings. The number of ether oxygens (including phenoxy) is 2. The van der Waals surface area contributed by atoms with Crippen molar-refractivity contribution in [2.24, 2.45) is 0 Å². The predicted octanol–water partition coefficient (Wildman–Crippen LogP) is 3.41. The molecular weight excluding hydrogens is 266 g/mol. The van der Waals surface area contributed by atoms with Crippen molar-refractivity contribution in [1.29, 1.82) is 0 Å². The molecule has 0 spiro atoms. The average Bonchev–Trinajstić information content (AvgIpc) is 2.40. The lowest BCUT2D eigenvalue weighted by Crippen LogP contribution is -2.17. The zero-order chi connectivity index (χ0) is 14.3. The van der Waals surface area contributed by atoms with Crippen molar-refractivity contribution in [1.82, 2.24) is 0 Å². The Balaban J connectivity index is 2.57. The SMILES string of the molecule is CCCCOC(=O)CNc1cc(C)c(Cl)cc1OC. The van der Waals surface area contributed by atoms with E-state index in [9.17, 15) is 4.79 Å². The number of hydrogen-bond acceptors (Lipinski definition) is 4. The number of unbranched alkanes of at least 4 members (excludes halogenated alkanes) is 1. The highest BCUT2D eigenvalue weighted by Crippen LogP contribution is 2.30. The van der Waals surface area contributed by atoms with Crippen molar-refractivity contribution in [3.63, 3.8) is 0 Å². The monoisotopic (exact) mass is 285 g/mol. The van der Waals surface area contributed by atoms with Crippen molar-refractivity contribution in [2.45, 2.75) is 26.7 Å². The number of carbonyl (C=O) groups excluding carboxylic acids is 1. The summed E-state index contributed by atoms with van der Waals surface area (Å²) in [5.74, 6) is 0.333. The van der Waals surface area contributed by atoms with Gasteiger partial charge in [0.15, 0.2) is 0 Å². The highest BCUT2D eigenvalue weighted by molar-refractivity contribution is 6.31. The van der Waals surface area contributed by atoms with E-state index >= 15 is 0 Å². The third-order valence-electron chi connectivity index (χ3n) is 2.66. The van der Waals surface area contributed by atoms with Gasteiger partial charge >= 0.3 is 5.97 Å². The zero-order valence-electron chi connectivity index (χ0n) is 11.6. The van der Waals surface area contributed by atoms with E-state index < -0.39 is 0 Å². The molecule has 1 N–H and O–H groups in total. The third kappa shape index (κ3) is 4.99. The van der Waals surface area contributed by atoms with Gasteiger partial charge in [0, 0.05) is 11.1 Å². The van der Waals surface area contributed by atoms with E-state index in [-0.39, 0.29) is 12.5 Å². The van der Waals surface area contributed by atoms with Crippen molar-refractivity contribution in [3.8, 4) is 5.75 Å². The predicted molar refractivity (Wildman–Crippen MR) is 77.1 cm³/mol. The maximum atomic E-state index is 11.5. The lowest BCUT2D eigenvalue weighted by Gasteiger charge is -2.12. The largest absolute Gasteiger partial charge is 0.495 e. The molecule has 19 heavy (non-hydrogen) atoms. The molecule has 0 saturated heterocycles. The second kappa shape index (κ2) is 7.89. The van der Waals surface area contributed by atoms with Gasteiger partial charge in [0.1, 0.15) is 12.3 Å². The van der Waals surface area contributed by atoms with Crippen LogP contribution in [0, 0.1) is 6.92 Å². The summed E-state index contributed by atoms with van der Waals surface area (Å²) in [6.07, 6.45) is 1.89. The first-order chi connectivity index (χ1) is 9.08. The topological polar surface area (TPSA) is 47.6 Å². The van der Waals surface area contributed by atoms with Gasteiger partial charge in [0.05, 0.1) is 19.4 Å². The highest BCUT2D eigenvalue weighted by atomic mass is 35.5. The van der Waals surface area contributed by atoms with Gasteiger partial charge in [-0.2, -0.15) is 0 Å². The molecule has 0 heterocycles. The standard InChI is InChI=1S/C14H20ClNO3/c1-4-5-6-19-14(17)9-16-12-7-10(2)11(15)8-13(12)18-3/h7-8,16H,4-6,9H2,1-3H3. The molecule has 5 heteroatoms. The van der Waals surface area contributed by atoms with Gasteiger partial charge in [-0.1, -0.05) is 24.9 Å². The molecule has 0 saturated carbocycles. The normalized spacial score (nSPS) is 10.1. The first kappa shape index (κ1) is 15.6. The summed E-state index contributed by atoms with van der Waals surface area (Å²) in [6.45, 7) is 4.52. The highest BCUT2D eigenvalue weighted by Gasteiger charge is 2.09. The molecule has 1 aromatic carbocycles. The van der Waals surface area contributed by atoms with Crippen LogP contribution in [-0.4, -0.2) is 26.2 Å². The van der Waals surface area contributed by atoms with Crippen molar-refractivity contribution in [3.05, 3.63) is 22.7 Å². The number of rotatable bonds is 7. The molecule has 106 valence electrons. The molecule has 0 amide bonds. The fraction of sp³-hybridized carbons (Fsp3) is 0.500. The maximum Gasteiger partial charge on any atom is 0.325 e. The summed E-state index contributed by atoms with van der Waals surface area (Å²) in [7, 11) is 1.56. The van der Waals surface area contributed by atoms with Gasteiger partial charge in [-0.3, -0.25) is 4.79 Å². The Hall–Kier alpha value is -1.42. The van der Waals surface area contributed by atoms with Crippen LogP contribution in [0.2, 0.25) is 5.02 Å². The number of esters is 1. The Bertz CT molecular complexity index is 435. The number of hydrogen-bond donors (Lipinski definition) is 1. The van der Waals surface area contributed by atoms with Gasteiger partial charge in [0.2, 0.25) is 0 Å². The zero-order valence-corrected chi connectivity index (χ0v) is 12.3. The maximum absolute atomic E-state index is 11.5. The van der Waals surface area contributed by atoms with E-state index in [0.29, 0.717) is 17.4 Å². The molecule has 4 nitrogen and oxygen atoms in total. The van der Waals surface area contributed by atoms with Crippen LogP contribution in [0.15, 0.2) is 12.1 Å². The first-order valence-electron chi connectivity index (χ1n) is 6.32. The number of carbonyl (C=O) groups is 1. The van der Waals surface area contributed by atoms with Crippen LogP contribution >= 0.6 is 11.6 Å². The van der Waals surface area contributed by atoms with E-state index in [1.807, 2.05) is 19.9 Å². The fourth-order valence-electron chi connectivity index (χ4n) is 1.52. The molecular formula is C14H20ClNO3. The van der Waals surface area contributed by atoms with E-state index in [2.05, 4.69) is 5.32 Å². The number of methoxy groups -OCH3 is 1. The van der Waals surface area contributed by atoms with Gasteiger partial charge in [-0.15, -0.1) is 0 Å². The van der Waals surface area contributed by atoms with E-state index in [1.54, 1.807) is 13.2 Å². The Morgan fingerprint density at radius 2 is 2.16 bits per heavy atom. The van der Waals surface area contributed by atoms with Crippen LogP contribution < -0.4 is 10.1 Å². The molecule has 0 bridgehead atoms. The Labute approximate surface area is 119 Å². The summed E-state index contributed by atoms with van der Waals surface area (Å²) >= 11 is 6.01.